The molecule has 3 heteroatoms. The van der Waals surface area contributed by atoms with Crippen molar-refractivity contribution in [3.8, 4) is 11.3 Å². The molecule has 0 aliphatic carbocycles. The van der Waals surface area contributed by atoms with Gasteiger partial charge >= 0.3 is 0 Å². The van der Waals surface area contributed by atoms with Crippen molar-refractivity contribution in [3.05, 3.63) is 70.7 Å². The van der Waals surface area contributed by atoms with Crippen LogP contribution in [0.5, 0.6) is 0 Å². The molecule has 4 aromatic rings. The minimum Gasteiger partial charge on any atom is -0.455 e. The highest BCUT2D eigenvalue weighted by atomic mass is 16.3. The Hall–Kier alpha value is -3.12. The molecule has 0 N–H and O–H groups in total. The number of aromatic nitrogens is 1. The number of benzene rings is 2. The van der Waals surface area contributed by atoms with E-state index in [9.17, 15) is 0 Å². The van der Waals surface area contributed by atoms with Gasteiger partial charge in [0.05, 0.1) is 12.1 Å². The summed E-state index contributed by atoms with van der Waals surface area (Å²) >= 11 is 0. The molecule has 2 heterocycles. The lowest BCUT2D eigenvalue weighted by molar-refractivity contribution is -0.660. The molecule has 0 bridgehead atoms. The zero-order chi connectivity index (χ0) is 21.1. The first-order valence-electron chi connectivity index (χ1n) is 9.97. The third-order valence-corrected chi connectivity index (χ3v) is 5.15. The standard InChI is InChI=1S/C24H23N2O/c1-14(2)17-9-10-26(6)21(12-17)22-15(3)7-8-19-20-13-18(25-5)11-16(4)23(20)27-24(19)22/h7-14H,1-4,6H3/q+1/i10D,14D. The van der Waals surface area contributed by atoms with Crippen LogP contribution in [0.4, 0.5) is 5.69 Å². The van der Waals surface area contributed by atoms with E-state index >= 15 is 0 Å². The molecule has 0 saturated heterocycles. The van der Waals surface area contributed by atoms with Crippen LogP contribution < -0.4 is 4.57 Å². The molecule has 0 unspecified atom stereocenters. The van der Waals surface area contributed by atoms with E-state index < -0.39 is 5.89 Å². The Balaban J connectivity index is 2.14. The lowest BCUT2D eigenvalue weighted by Crippen LogP contribution is -2.31. The molecule has 0 fully saturated rings. The number of aryl methyl sites for hydroxylation is 2. The van der Waals surface area contributed by atoms with Crippen molar-refractivity contribution in [2.75, 3.05) is 0 Å². The molecule has 0 aliphatic rings. The van der Waals surface area contributed by atoms with E-state index in [0.29, 0.717) is 11.9 Å². The van der Waals surface area contributed by atoms with E-state index in [2.05, 4.69) is 10.9 Å². The van der Waals surface area contributed by atoms with E-state index in [4.69, 9.17) is 13.7 Å². The van der Waals surface area contributed by atoms with E-state index in [0.717, 1.165) is 49.9 Å². The Bertz CT molecular complexity index is 1340. The van der Waals surface area contributed by atoms with E-state index in [1.165, 1.54) is 0 Å². The van der Waals surface area contributed by atoms with Crippen LogP contribution in [-0.4, -0.2) is 0 Å². The van der Waals surface area contributed by atoms with Crippen LogP contribution in [-0.2, 0) is 7.05 Å². The fourth-order valence-corrected chi connectivity index (χ4v) is 3.62. The minimum atomic E-state index is -0.810. The number of hydrogen-bond acceptors (Lipinski definition) is 1. The molecule has 4 rings (SSSR count). The summed E-state index contributed by atoms with van der Waals surface area (Å²) in [5, 5.41) is 1.88. The van der Waals surface area contributed by atoms with Crippen molar-refractivity contribution in [2.45, 2.75) is 33.6 Å². The van der Waals surface area contributed by atoms with Gasteiger partial charge in [0.2, 0.25) is 5.69 Å². The maximum Gasteiger partial charge on any atom is 0.216 e. The van der Waals surface area contributed by atoms with Crippen molar-refractivity contribution < 1.29 is 11.7 Å². The third-order valence-electron chi connectivity index (χ3n) is 5.15. The lowest BCUT2D eigenvalue weighted by atomic mass is 9.97. The van der Waals surface area contributed by atoms with Crippen LogP contribution in [0.2, 0.25) is 0 Å². The Morgan fingerprint density at radius 3 is 2.56 bits per heavy atom. The maximum atomic E-state index is 8.43. The van der Waals surface area contributed by atoms with Crippen LogP contribution in [0.15, 0.2) is 47.0 Å². The second kappa shape index (κ2) is 6.25. The molecular formula is C24H23N2O+. The van der Waals surface area contributed by atoms with E-state index in [1.54, 1.807) is 6.07 Å². The van der Waals surface area contributed by atoms with Crippen LogP contribution in [0.3, 0.4) is 0 Å². The van der Waals surface area contributed by atoms with E-state index in [-0.39, 0.29) is 0 Å². The summed E-state index contributed by atoms with van der Waals surface area (Å²) < 4.78 is 25.0. The number of hydrogen-bond donors (Lipinski definition) is 0. The van der Waals surface area contributed by atoms with Gasteiger partial charge < -0.3 is 4.42 Å². The first-order valence-corrected chi connectivity index (χ1v) is 8.97. The van der Waals surface area contributed by atoms with E-state index in [1.807, 2.05) is 63.6 Å². The van der Waals surface area contributed by atoms with Gasteiger partial charge in [0.15, 0.2) is 11.9 Å². The van der Waals surface area contributed by atoms with Gasteiger partial charge in [-0.2, -0.15) is 0 Å². The van der Waals surface area contributed by atoms with Gasteiger partial charge in [0.1, 0.15) is 19.6 Å². The maximum absolute atomic E-state index is 8.43. The summed E-state index contributed by atoms with van der Waals surface area (Å²) in [5.41, 5.74) is 6.65. The van der Waals surface area contributed by atoms with Crippen molar-refractivity contribution in [1.29, 1.82) is 0 Å². The number of nitrogens with zero attached hydrogens (tertiary/aromatic N) is 2. The van der Waals surface area contributed by atoms with Gasteiger partial charge in [-0.3, -0.25) is 0 Å². The summed E-state index contributed by atoms with van der Waals surface area (Å²) in [7, 11) is 1.86. The molecule has 2 aromatic carbocycles. The molecule has 134 valence electrons. The van der Waals surface area contributed by atoms with Crippen LogP contribution >= 0.6 is 0 Å². The van der Waals surface area contributed by atoms with Crippen molar-refractivity contribution in [1.82, 2.24) is 0 Å². The predicted molar refractivity (Wildman–Crippen MR) is 110 cm³/mol. The molecule has 0 spiro atoms. The summed E-state index contributed by atoms with van der Waals surface area (Å²) in [4.78, 5) is 3.59. The van der Waals surface area contributed by atoms with Gasteiger partial charge in [0, 0.05) is 24.3 Å². The van der Waals surface area contributed by atoms with Gasteiger partial charge in [-0.1, -0.05) is 26.0 Å². The average Bonchev–Trinajstić information content (AvgIpc) is 3.02. The zero-order valence-corrected chi connectivity index (χ0v) is 16.3. The Morgan fingerprint density at radius 1 is 1.07 bits per heavy atom. The number of pyridine rings is 1. The highest BCUT2D eigenvalue weighted by molar-refractivity contribution is 6.11. The molecule has 0 atom stereocenters. The molecule has 0 amide bonds. The lowest BCUT2D eigenvalue weighted by Gasteiger charge is -2.09. The average molecular weight is 357 g/mol. The highest BCUT2D eigenvalue weighted by Crippen LogP contribution is 2.39. The minimum absolute atomic E-state index is 0.344. The topological polar surface area (TPSA) is 21.4 Å². The van der Waals surface area contributed by atoms with Gasteiger partial charge in [0.25, 0.3) is 0 Å². The molecule has 0 saturated carbocycles. The van der Waals surface area contributed by atoms with Crippen molar-refractivity contribution in [2.24, 2.45) is 7.05 Å². The Kier molecular flexibility index (Phi) is 3.47. The monoisotopic (exact) mass is 357 g/mol. The SMILES string of the molecule is [2H]c1cc(C([2H])(C)C)cc(-c2c(C)ccc3c2oc2c(C)cc([N+]#[C-])cc23)[n+]1C. The number of fused-ring (bicyclic) bond motifs is 3. The molecule has 2 aromatic heterocycles. The molecule has 0 radical (unpaired) electrons. The number of furan rings is 1. The normalized spacial score (nSPS) is 12.9. The highest BCUT2D eigenvalue weighted by Gasteiger charge is 2.22. The predicted octanol–water partition coefficient (Wildman–Crippen LogP) is 6.37. The van der Waals surface area contributed by atoms with Crippen molar-refractivity contribution in [3.63, 3.8) is 0 Å². The first-order chi connectivity index (χ1) is 13.6. The summed E-state index contributed by atoms with van der Waals surface area (Å²) in [6.45, 7) is 15.0. The molecular weight excluding hydrogens is 332 g/mol. The second-order valence-corrected chi connectivity index (χ2v) is 7.30. The summed E-state index contributed by atoms with van der Waals surface area (Å²) in [6, 6.07) is 11.5. The quantitative estimate of drug-likeness (QED) is 0.302. The van der Waals surface area contributed by atoms with Crippen LogP contribution in [0, 0.1) is 20.4 Å². The summed E-state index contributed by atoms with van der Waals surface area (Å²) in [6.07, 6.45) is 0.344. The first kappa shape index (κ1) is 15.0. The Labute approximate surface area is 162 Å². The molecule has 3 nitrogen and oxygen atoms in total. The molecule has 27 heavy (non-hydrogen) atoms. The van der Waals surface area contributed by atoms with Gasteiger partial charge in [-0.05, 0) is 48.6 Å². The van der Waals surface area contributed by atoms with Crippen molar-refractivity contribution >= 4 is 27.6 Å². The largest absolute Gasteiger partial charge is 0.455 e. The van der Waals surface area contributed by atoms with Crippen LogP contribution in [0.25, 0.3) is 38.0 Å². The second-order valence-electron chi connectivity index (χ2n) is 7.30. The number of rotatable bonds is 2. The van der Waals surface area contributed by atoms with Gasteiger partial charge in [-0.15, -0.1) is 0 Å². The Morgan fingerprint density at radius 2 is 1.85 bits per heavy atom. The zero-order valence-electron chi connectivity index (χ0n) is 18.3. The summed E-state index contributed by atoms with van der Waals surface area (Å²) in [5.74, 6) is -0.810. The molecule has 0 aliphatic heterocycles. The third kappa shape index (κ3) is 2.69. The van der Waals surface area contributed by atoms with Gasteiger partial charge in [-0.25, -0.2) is 9.41 Å². The van der Waals surface area contributed by atoms with Crippen LogP contribution in [0.1, 0.15) is 39.2 Å². The smallest absolute Gasteiger partial charge is 0.216 e. The fraction of sp³-hybridized carbons (Fsp3) is 0.250. The fourth-order valence-electron chi connectivity index (χ4n) is 3.62.